The lowest BCUT2D eigenvalue weighted by Crippen LogP contribution is -2.10. The summed E-state index contributed by atoms with van der Waals surface area (Å²) in [5.41, 5.74) is 6.73. The molecule has 0 fully saturated rings. The van der Waals surface area contributed by atoms with E-state index in [-0.39, 0.29) is 0 Å². The van der Waals surface area contributed by atoms with Crippen LogP contribution in [0.15, 0.2) is 24.5 Å². The van der Waals surface area contributed by atoms with E-state index in [9.17, 15) is 8.78 Å². The largest absolute Gasteiger partial charge is 0.476 e. The first-order valence-corrected chi connectivity index (χ1v) is 6.52. The Morgan fingerprint density at radius 2 is 1.90 bits per heavy atom. The predicted molar refractivity (Wildman–Crippen MR) is 76.2 cm³/mol. The van der Waals surface area contributed by atoms with Crippen LogP contribution in [0.25, 0.3) is 0 Å². The van der Waals surface area contributed by atoms with Crippen molar-refractivity contribution in [2.45, 2.75) is 13.3 Å². The molecule has 7 heteroatoms. The number of hydrogen-bond acceptors (Lipinski definition) is 5. The van der Waals surface area contributed by atoms with Gasteiger partial charge in [0, 0.05) is 12.6 Å². The van der Waals surface area contributed by atoms with Crippen LogP contribution >= 0.6 is 0 Å². The zero-order valence-corrected chi connectivity index (χ0v) is 11.6. The van der Waals surface area contributed by atoms with Crippen molar-refractivity contribution in [3.05, 3.63) is 41.7 Å². The van der Waals surface area contributed by atoms with Gasteiger partial charge in [-0.1, -0.05) is 0 Å². The first kappa shape index (κ1) is 15.0. The van der Waals surface area contributed by atoms with E-state index in [4.69, 9.17) is 10.5 Å². The Balaban J connectivity index is 1.98. The van der Waals surface area contributed by atoms with E-state index in [0.29, 0.717) is 42.5 Å². The zero-order valence-electron chi connectivity index (χ0n) is 11.6. The highest BCUT2D eigenvalue weighted by Crippen LogP contribution is 2.24. The van der Waals surface area contributed by atoms with Crippen molar-refractivity contribution < 1.29 is 13.5 Å². The van der Waals surface area contributed by atoms with Gasteiger partial charge >= 0.3 is 0 Å². The summed E-state index contributed by atoms with van der Waals surface area (Å²) in [6, 6.07) is 3.42. The Kier molecular flexibility index (Phi) is 4.86. The third kappa shape index (κ3) is 4.01. The number of nitrogen functional groups attached to an aromatic ring is 1. The van der Waals surface area contributed by atoms with Crippen molar-refractivity contribution in [1.29, 1.82) is 0 Å². The van der Waals surface area contributed by atoms with Crippen molar-refractivity contribution in [2.75, 3.05) is 24.2 Å². The number of ether oxygens (including phenoxy) is 1. The van der Waals surface area contributed by atoms with Crippen LogP contribution in [0.1, 0.15) is 12.5 Å². The van der Waals surface area contributed by atoms with Crippen LogP contribution in [-0.2, 0) is 6.42 Å². The minimum absolute atomic E-state index is 0.310. The van der Waals surface area contributed by atoms with Gasteiger partial charge in [0.1, 0.15) is 23.6 Å². The molecule has 1 heterocycles. The zero-order chi connectivity index (χ0) is 15.2. The van der Waals surface area contributed by atoms with Gasteiger partial charge in [0.15, 0.2) is 5.82 Å². The third-order valence-corrected chi connectivity index (χ3v) is 2.76. The summed E-state index contributed by atoms with van der Waals surface area (Å²) in [6.45, 7) is 2.70. The van der Waals surface area contributed by atoms with Crippen LogP contribution in [0.4, 0.5) is 20.3 Å². The molecule has 0 aliphatic heterocycles. The number of aromatic nitrogens is 2. The average Bonchev–Trinajstić information content (AvgIpc) is 2.42. The molecule has 2 aromatic rings. The minimum atomic E-state index is -0.592. The number of rotatable bonds is 6. The van der Waals surface area contributed by atoms with E-state index in [2.05, 4.69) is 15.3 Å². The molecule has 0 atom stereocenters. The van der Waals surface area contributed by atoms with E-state index in [1.807, 2.05) is 6.92 Å². The van der Waals surface area contributed by atoms with E-state index < -0.39 is 11.6 Å². The second kappa shape index (κ2) is 6.83. The highest BCUT2D eigenvalue weighted by Gasteiger charge is 2.08. The molecule has 1 aromatic heterocycles. The van der Waals surface area contributed by atoms with Gasteiger partial charge in [-0.2, -0.15) is 4.98 Å². The summed E-state index contributed by atoms with van der Waals surface area (Å²) < 4.78 is 31.4. The van der Waals surface area contributed by atoms with Crippen LogP contribution in [0, 0.1) is 11.6 Å². The van der Waals surface area contributed by atoms with Crippen molar-refractivity contribution in [3.8, 4) is 5.88 Å². The normalized spacial score (nSPS) is 10.4. The molecule has 0 aliphatic rings. The highest BCUT2D eigenvalue weighted by molar-refractivity contribution is 5.66. The molecule has 3 N–H and O–H groups in total. The van der Waals surface area contributed by atoms with Crippen LogP contribution in [0.3, 0.4) is 0 Å². The summed E-state index contributed by atoms with van der Waals surface area (Å²) in [6.07, 6.45) is 1.77. The number of nitrogens with one attached hydrogen (secondary N) is 1. The van der Waals surface area contributed by atoms with Gasteiger partial charge in [-0.05, 0) is 31.0 Å². The lowest BCUT2D eigenvalue weighted by atomic mass is 10.1. The van der Waals surface area contributed by atoms with Crippen LogP contribution < -0.4 is 15.8 Å². The molecule has 21 heavy (non-hydrogen) atoms. The Hall–Kier alpha value is -2.44. The first-order chi connectivity index (χ1) is 10.1. The number of anilines is 2. The van der Waals surface area contributed by atoms with E-state index >= 15 is 0 Å². The minimum Gasteiger partial charge on any atom is -0.476 e. The molecular formula is C14H16F2N4O. The second-order valence-electron chi connectivity index (χ2n) is 4.33. The standard InChI is InChI=1S/C14H16F2N4O/c1-2-21-14-12(17)13(19-8-20-14)18-4-3-9-5-10(15)7-11(16)6-9/h5-8H,2-4,17H2,1H3,(H,18,19,20). The fourth-order valence-electron chi connectivity index (χ4n) is 1.85. The van der Waals surface area contributed by atoms with Gasteiger partial charge in [-0.15, -0.1) is 0 Å². The summed E-state index contributed by atoms with van der Waals surface area (Å²) in [5, 5.41) is 3.00. The van der Waals surface area contributed by atoms with Gasteiger partial charge in [0.05, 0.1) is 6.61 Å². The average molecular weight is 294 g/mol. The number of hydrogen-bond donors (Lipinski definition) is 2. The number of nitrogens with zero attached hydrogens (tertiary/aromatic N) is 2. The molecule has 0 radical (unpaired) electrons. The number of nitrogens with two attached hydrogens (primary N) is 1. The molecule has 0 aliphatic carbocycles. The number of halogens is 2. The smallest absolute Gasteiger partial charge is 0.242 e. The maximum Gasteiger partial charge on any atom is 0.242 e. The quantitative estimate of drug-likeness (QED) is 0.856. The Labute approximate surface area is 121 Å². The third-order valence-electron chi connectivity index (χ3n) is 2.76. The lowest BCUT2D eigenvalue weighted by molar-refractivity contribution is 0.328. The molecule has 0 saturated heterocycles. The molecular weight excluding hydrogens is 278 g/mol. The van der Waals surface area contributed by atoms with Gasteiger partial charge in [-0.25, -0.2) is 13.8 Å². The molecule has 0 bridgehead atoms. The fraction of sp³-hybridized carbons (Fsp3) is 0.286. The van der Waals surface area contributed by atoms with Gasteiger partial charge in [-0.3, -0.25) is 0 Å². The molecule has 5 nitrogen and oxygen atoms in total. The van der Waals surface area contributed by atoms with Crippen LogP contribution in [0.2, 0.25) is 0 Å². The van der Waals surface area contributed by atoms with Crippen LogP contribution in [0.5, 0.6) is 5.88 Å². The van der Waals surface area contributed by atoms with Crippen molar-refractivity contribution in [2.24, 2.45) is 0 Å². The van der Waals surface area contributed by atoms with Gasteiger partial charge in [0.25, 0.3) is 0 Å². The van der Waals surface area contributed by atoms with Crippen molar-refractivity contribution in [3.63, 3.8) is 0 Å². The lowest BCUT2D eigenvalue weighted by Gasteiger charge is -2.11. The maximum atomic E-state index is 13.1. The van der Waals surface area contributed by atoms with Crippen molar-refractivity contribution >= 4 is 11.5 Å². The monoisotopic (exact) mass is 294 g/mol. The summed E-state index contributed by atoms with van der Waals surface area (Å²) >= 11 is 0. The van der Waals surface area contributed by atoms with Crippen LogP contribution in [-0.4, -0.2) is 23.1 Å². The predicted octanol–water partition coefficient (Wildman–Crippen LogP) is 2.39. The summed E-state index contributed by atoms with van der Waals surface area (Å²) in [4.78, 5) is 7.93. The van der Waals surface area contributed by atoms with E-state index in [1.54, 1.807) is 0 Å². The van der Waals surface area contributed by atoms with Gasteiger partial charge in [0.2, 0.25) is 5.88 Å². The molecule has 0 unspecified atom stereocenters. The fourth-order valence-corrected chi connectivity index (χ4v) is 1.85. The molecule has 0 spiro atoms. The second-order valence-corrected chi connectivity index (χ2v) is 4.33. The Morgan fingerprint density at radius 1 is 1.19 bits per heavy atom. The molecule has 0 amide bonds. The summed E-state index contributed by atoms with van der Waals surface area (Å²) in [5.74, 6) is -0.438. The van der Waals surface area contributed by atoms with Crippen molar-refractivity contribution in [1.82, 2.24) is 9.97 Å². The summed E-state index contributed by atoms with van der Waals surface area (Å²) in [7, 11) is 0. The Bertz CT molecular complexity index is 602. The highest BCUT2D eigenvalue weighted by atomic mass is 19.1. The first-order valence-electron chi connectivity index (χ1n) is 6.52. The SMILES string of the molecule is CCOc1ncnc(NCCc2cc(F)cc(F)c2)c1N. The molecule has 1 aromatic carbocycles. The molecule has 0 saturated carbocycles. The Morgan fingerprint density at radius 3 is 2.57 bits per heavy atom. The number of benzene rings is 1. The van der Waals surface area contributed by atoms with E-state index in [1.165, 1.54) is 18.5 Å². The topological polar surface area (TPSA) is 73.1 Å². The van der Waals surface area contributed by atoms with Gasteiger partial charge < -0.3 is 15.8 Å². The maximum absolute atomic E-state index is 13.1. The molecule has 2 rings (SSSR count). The van der Waals surface area contributed by atoms with E-state index in [0.717, 1.165) is 6.07 Å². The molecule has 112 valence electrons.